The minimum Gasteiger partial charge on any atom is -0.451 e. The Morgan fingerprint density at radius 3 is 2.57 bits per heavy atom. The molecule has 2 bridgehead atoms. The number of allylic oxidation sites excluding steroid dienone is 1. The summed E-state index contributed by atoms with van der Waals surface area (Å²) in [5.41, 5.74) is -2.55. The number of benzene rings is 2. The molecule has 0 unspecified atom stereocenters. The first-order valence-electron chi connectivity index (χ1n) is 13.1. The van der Waals surface area contributed by atoms with Gasteiger partial charge in [-0.15, -0.1) is 0 Å². The first kappa shape index (κ1) is 24.5. The molecule has 6 heteroatoms. The number of hydrogen-bond donors (Lipinski definition) is 3. The molecule has 1 spiro atoms. The van der Waals surface area contributed by atoms with Crippen LogP contribution in [0.3, 0.4) is 0 Å². The molecule has 4 aliphatic rings. The van der Waals surface area contributed by atoms with Crippen LogP contribution in [0.5, 0.6) is 0 Å². The number of Topliss-reactive ketones (excluding diaryl/α,β-unsaturated/α-hetero) is 1. The average molecular weight is 503 g/mol. The van der Waals surface area contributed by atoms with Crippen LogP contribution in [0.15, 0.2) is 65.8 Å². The van der Waals surface area contributed by atoms with Crippen molar-refractivity contribution >= 4 is 22.5 Å². The Kier molecular flexibility index (Phi) is 5.21. The zero-order valence-corrected chi connectivity index (χ0v) is 21.6. The van der Waals surface area contributed by atoms with E-state index in [0.29, 0.717) is 17.6 Å². The van der Waals surface area contributed by atoms with E-state index in [-0.39, 0.29) is 34.5 Å². The number of aliphatic hydroxyl groups excluding tert-OH is 2. The van der Waals surface area contributed by atoms with Crippen molar-refractivity contribution < 1.29 is 29.6 Å². The Morgan fingerprint density at radius 1 is 1.14 bits per heavy atom. The number of esters is 1. The second kappa shape index (κ2) is 7.85. The normalized spacial score (nSPS) is 39.6. The summed E-state index contributed by atoms with van der Waals surface area (Å²) in [6, 6.07) is 12.8. The topological polar surface area (TPSA) is 104 Å². The van der Waals surface area contributed by atoms with Gasteiger partial charge in [-0.25, -0.2) is 4.79 Å². The molecule has 37 heavy (non-hydrogen) atoms. The standard InChI is InChI=1S/C31H34O6/c1-16-14-30-17(2)12-23-24(29(23,3)4)22(26(30)34)13-19(15-32)25(33)31(30,36)27(16)37-28(35)21-11-7-9-18-8-5-6-10-20(18)21/h5-11,13-14,17,22-25,27,32-33,36H,12,15H2,1-4H3/t17-,22+,23-,24+,25-,27+,30-,31+/m1/s1. The third-order valence-electron chi connectivity index (χ3n) is 10.1. The van der Waals surface area contributed by atoms with Crippen molar-refractivity contribution in [2.45, 2.75) is 51.9 Å². The SMILES string of the molecule is CC1=C[C@@]23C(=O)[C@@H](C=C(CO)[C@@H](O)[C@]2(O)[C@H]1OC(=O)c1cccc2ccccc12)[C@H]1[C@@H](C[C@H]3C)C1(C)C. The first-order valence-corrected chi connectivity index (χ1v) is 13.1. The Hall–Kier alpha value is -2.80. The molecule has 0 radical (unpaired) electrons. The van der Waals surface area contributed by atoms with Crippen molar-refractivity contribution in [3.05, 3.63) is 71.3 Å². The number of ketones is 1. The smallest absolute Gasteiger partial charge is 0.339 e. The van der Waals surface area contributed by atoms with Crippen molar-refractivity contribution in [2.75, 3.05) is 6.61 Å². The van der Waals surface area contributed by atoms with E-state index in [2.05, 4.69) is 13.8 Å². The Labute approximate surface area is 216 Å². The fourth-order valence-electron chi connectivity index (χ4n) is 8.17. The minimum absolute atomic E-state index is 0.0434. The van der Waals surface area contributed by atoms with Gasteiger partial charge in [-0.1, -0.05) is 69.3 Å². The van der Waals surface area contributed by atoms with Crippen LogP contribution in [0.1, 0.15) is 44.5 Å². The zero-order chi connectivity index (χ0) is 26.5. The second-order valence-corrected chi connectivity index (χ2v) is 12.2. The van der Waals surface area contributed by atoms with Crippen molar-refractivity contribution in [1.82, 2.24) is 0 Å². The average Bonchev–Trinajstić information content (AvgIpc) is 3.37. The van der Waals surface area contributed by atoms with E-state index in [1.54, 1.807) is 31.2 Å². The molecule has 194 valence electrons. The van der Waals surface area contributed by atoms with Crippen LogP contribution in [0.4, 0.5) is 0 Å². The van der Waals surface area contributed by atoms with Gasteiger partial charge >= 0.3 is 5.97 Å². The van der Waals surface area contributed by atoms with Crippen molar-refractivity contribution in [3.63, 3.8) is 0 Å². The molecule has 4 aliphatic carbocycles. The molecule has 6 nitrogen and oxygen atoms in total. The van der Waals surface area contributed by atoms with Gasteiger partial charge in [0.2, 0.25) is 0 Å². The molecule has 0 heterocycles. The molecule has 0 amide bonds. The first-order chi connectivity index (χ1) is 17.5. The van der Waals surface area contributed by atoms with Crippen molar-refractivity contribution in [1.29, 1.82) is 0 Å². The maximum atomic E-state index is 14.4. The summed E-state index contributed by atoms with van der Waals surface area (Å²) in [6.45, 7) is 7.50. The molecule has 0 aliphatic heterocycles. The summed E-state index contributed by atoms with van der Waals surface area (Å²) in [7, 11) is 0. The van der Waals surface area contributed by atoms with Crippen LogP contribution in [0, 0.1) is 34.5 Å². The number of ether oxygens (including phenoxy) is 1. The molecule has 2 fully saturated rings. The van der Waals surface area contributed by atoms with Gasteiger partial charge in [0, 0.05) is 5.92 Å². The quantitative estimate of drug-likeness (QED) is 0.435. The Bertz CT molecular complexity index is 1380. The van der Waals surface area contributed by atoms with E-state index in [1.165, 1.54) is 0 Å². The van der Waals surface area contributed by atoms with Crippen LogP contribution in [-0.4, -0.2) is 51.5 Å². The van der Waals surface area contributed by atoms with Gasteiger partial charge in [0.05, 0.1) is 17.6 Å². The fraction of sp³-hybridized carbons (Fsp3) is 0.484. The Morgan fingerprint density at radius 2 is 1.84 bits per heavy atom. The molecule has 3 N–H and O–H groups in total. The molecule has 2 aromatic carbocycles. The highest BCUT2D eigenvalue weighted by atomic mass is 16.6. The van der Waals surface area contributed by atoms with Gasteiger partial charge in [-0.3, -0.25) is 4.79 Å². The lowest BCUT2D eigenvalue weighted by Gasteiger charge is -2.48. The number of aliphatic hydroxyl groups is 3. The maximum Gasteiger partial charge on any atom is 0.339 e. The van der Waals surface area contributed by atoms with Gasteiger partial charge in [0.15, 0.2) is 17.5 Å². The third-order valence-corrected chi connectivity index (χ3v) is 10.1. The summed E-state index contributed by atoms with van der Waals surface area (Å²) < 4.78 is 6.03. The van der Waals surface area contributed by atoms with Crippen LogP contribution < -0.4 is 0 Å². The van der Waals surface area contributed by atoms with Gasteiger partial charge in [-0.2, -0.15) is 0 Å². The molecular weight excluding hydrogens is 468 g/mol. The van der Waals surface area contributed by atoms with E-state index >= 15 is 0 Å². The lowest BCUT2D eigenvalue weighted by molar-refractivity contribution is -0.190. The van der Waals surface area contributed by atoms with Crippen LogP contribution >= 0.6 is 0 Å². The lowest BCUT2D eigenvalue weighted by Crippen LogP contribution is -2.65. The summed E-state index contributed by atoms with van der Waals surface area (Å²) in [6.07, 6.45) is 1.32. The molecule has 0 aromatic heterocycles. The number of fused-ring (bicyclic) bond motifs is 4. The van der Waals surface area contributed by atoms with E-state index in [0.717, 1.165) is 10.8 Å². The largest absolute Gasteiger partial charge is 0.451 e. The summed E-state index contributed by atoms with van der Waals surface area (Å²) in [4.78, 5) is 28.0. The molecule has 8 atom stereocenters. The highest BCUT2D eigenvalue weighted by Gasteiger charge is 2.76. The summed E-state index contributed by atoms with van der Waals surface area (Å²) in [5, 5.41) is 36.1. The molecule has 6 rings (SSSR count). The van der Waals surface area contributed by atoms with Crippen molar-refractivity contribution in [3.8, 4) is 0 Å². The number of carbonyl (C=O) groups excluding carboxylic acids is 2. The molecule has 2 saturated carbocycles. The van der Waals surface area contributed by atoms with Gasteiger partial charge < -0.3 is 20.1 Å². The number of rotatable bonds is 3. The maximum absolute atomic E-state index is 14.4. The predicted molar refractivity (Wildman–Crippen MR) is 139 cm³/mol. The highest BCUT2D eigenvalue weighted by Crippen LogP contribution is 2.71. The van der Waals surface area contributed by atoms with Crippen LogP contribution in [-0.2, 0) is 9.53 Å². The lowest BCUT2D eigenvalue weighted by atomic mass is 9.59. The van der Waals surface area contributed by atoms with E-state index in [9.17, 15) is 24.9 Å². The van der Waals surface area contributed by atoms with Crippen LogP contribution in [0.2, 0.25) is 0 Å². The third kappa shape index (κ3) is 2.98. The second-order valence-electron chi connectivity index (χ2n) is 12.2. The zero-order valence-electron chi connectivity index (χ0n) is 21.6. The number of carbonyl (C=O) groups is 2. The fourth-order valence-corrected chi connectivity index (χ4v) is 8.17. The number of hydrogen-bond acceptors (Lipinski definition) is 6. The van der Waals surface area contributed by atoms with Gasteiger partial charge in [0.25, 0.3) is 0 Å². The summed E-state index contributed by atoms with van der Waals surface area (Å²) in [5.74, 6) is -1.28. The highest BCUT2D eigenvalue weighted by molar-refractivity contribution is 6.04. The van der Waals surface area contributed by atoms with Gasteiger partial charge in [-0.05, 0) is 64.5 Å². The Balaban J connectivity index is 1.47. The summed E-state index contributed by atoms with van der Waals surface area (Å²) >= 11 is 0. The van der Waals surface area contributed by atoms with E-state index in [1.807, 2.05) is 37.3 Å². The minimum atomic E-state index is -2.14. The molecular formula is C31H34O6. The predicted octanol–water partition coefficient (Wildman–Crippen LogP) is 3.83. The van der Waals surface area contributed by atoms with Crippen LogP contribution in [0.25, 0.3) is 10.8 Å². The van der Waals surface area contributed by atoms with Crippen molar-refractivity contribution in [2.24, 2.45) is 34.5 Å². The molecule has 2 aromatic rings. The van der Waals surface area contributed by atoms with E-state index in [4.69, 9.17) is 4.74 Å². The monoisotopic (exact) mass is 502 g/mol. The van der Waals surface area contributed by atoms with E-state index < -0.39 is 41.7 Å². The van der Waals surface area contributed by atoms with Gasteiger partial charge in [0.1, 0.15) is 6.10 Å². The molecule has 0 saturated heterocycles.